The lowest BCUT2D eigenvalue weighted by Gasteiger charge is -1.97. The maximum Gasteiger partial charge on any atom is 0.118 e. The Morgan fingerprint density at radius 2 is 1.87 bits per heavy atom. The standard InChI is InChI=1S/C12H10N2O/c1-15-12-6-4-10(5-7-12)2-3-11-8-13-14-9-11/h4-9H,1H3,(H,13,14). The van der Waals surface area contributed by atoms with Crippen LogP contribution >= 0.6 is 0 Å². The molecule has 3 nitrogen and oxygen atoms in total. The zero-order valence-corrected chi connectivity index (χ0v) is 8.32. The van der Waals surface area contributed by atoms with Crippen LogP contribution in [0.4, 0.5) is 0 Å². The highest BCUT2D eigenvalue weighted by Gasteiger charge is 1.90. The van der Waals surface area contributed by atoms with E-state index in [1.807, 2.05) is 24.3 Å². The fourth-order valence-electron chi connectivity index (χ4n) is 1.14. The Balaban J connectivity index is 2.17. The van der Waals surface area contributed by atoms with Gasteiger partial charge in [-0.15, -0.1) is 0 Å². The third-order valence-electron chi connectivity index (χ3n) is 1.94. The number of aromatic amines is 1. The van der Waals surface area contributed by atoms with Crippen LogP contribution in [0.25, 0.3) is 0 Å². The molecule has 2 rings (SSSR count). The summed E-state index contributed by atoms with van der Waals surface area (Å²) < 4.78 is 5.06. The van der Waals surface area contributed by atoms with Crippen LogP contribution in [-0.2, 0) is 0 Å². The summed E-state index contributed by atoms with van der Waals surface area (Å²) in [5, 5.41) is 6.53. The van der Waals surface area contributed by atoms with Crippen molar-refractivity contribution in [2.75, 3.05) is 7.11 Å². The number of aromatic nitrogens is 2. The summed E-state index contributed by atoms with van der Waals surface area (Å²) in [4.78, 5) is 0. The molecule has 0 unspecified atom stereocenters. The van der Waals surface area contributed by atoms with Crippen molar-refractivity contribution in [3.63, 3.8) is 0 Å². The average molecular weight is 198 g/mol. The molecule has 0 saturated carbocycles. The molecule has 2 aromatic rings. The molecular formula is C12H10N2O. The molecule has 0 aliphatic rings. The Labute approximate surface area is 88.1 Å². The van der Waals surface area contributed by atoms with Gasteiger partial charge in [-0.2, -0.15) is 5.10 Å². The number of rotatable bonds is 1. The van der Waals surface area contributed by atoms with Gasteiger partial charge in [0.15, 0.2) is 0 Å². The first kappa shape index (κ1) is 9.35. The van der Waals surface area contributed by atoms with Crippen molar-refractivity contribution >= 4 is 0 Å². The highest BCUT2D eigenvalue weighted by molar-refractivity contribution is 5.42. The molecule has 0 amide bonds. The number of ether oxygens (including phenoxy) is 1. The zero-order chi connectivity index (χ0) is 10.5. The van der Waals surface area contributed by atoms with E-state index < -0.39 is 0 Å². The number of H-pyrrole nitrogens is 1. The van der Waals surface area contributed by atoms with Gasteiger partial charge in [-0.1, -0.05) is 11.8 Å². The van der Waals surface area contributed by atoms with Gasteiger partial charge in [0.05, 0.1) is 18.9 Å². The van der Waals surface area contributed by atoms with Crippen LogP contribution in [0.3, 0.4) is 0 Å². The molecular weight excluding hydrogens is 188 g/mol. The first-order valence-corrected chi connectivity index (χ1v) is 4.53. The van der Waals surface area contributed by atoms with E-state index in [1.165, 1.54) is 0 Å². The number of nitrogens with zero attached hydrogens (tertiary/aromatic N) is 1. The largest absolute Gasteiger partial charge is 0.497 e. The van der Waals surface area contributed by atoms with Crippen LogP contribution in [0, 0.1) is 11.8 Å². The topological polar surface area (TPSA) is 37.9 Å². The maximum atomic E-state index is 5.06. The lowest BCUT2D eigenvalue weighted by molar-refractivity contribution is 0.415. The van der Waals surface area contributed by atoms with E-state index in [4.69, 9.17) is 4.74 Å². The summed E-state index contributed by atoms with van der Waals surface area (Å²) in [5.41, 5.74) is 1.84. The van der Waals surface area contributed by atoms with Crippen molar-refractivity contribution in [3.8, 4) is 17.6 Å². The second-order valence-electron chi connectivity index (χ2n) is 2.97. The summed E-state index contributed by atoms with van der Waals surface area (Å²) in [6.45, 7) is 0. The Kier molecular flexibility index (Phi) is 2.70. The van der Waals surface area contributed by atoms with E-state index in [9.17, 15) is 0 Å². The summed E-state index contributed by atoms with van der Waals surface area (Å²) in [7, 11) is 1.64. The van der Waals surface area contributed by atoms with Gasteiger partial charge in [0, 0.05) is 11.8 Å². The van der Waals surface area contributed by atoms with Crippen molar-refractivity contribution in [2.24, 2.45) is 0 Å². The summed E-state index contributed by atoms with van der Waals surface area (Å²) in [5.74, 6) is 6.86. The zero-order valence-electron chi connectivity index (χ0n) is 8.32. The number of hydrogen-bond acceptors (Lipinski definition) is 2. The van der Waals surface area contributed by atoms with E-state index in [2.05, 4.69) is 22.0 Å². The fraction of sp³-hybridized carbons (Fsp3) is 0.0833. The lowest BCUT2D eigenvalue weighted by Crippen LogP contribution is -1.81. The van der Waals surface area contributed by atoms with Crippen LogP contribution in [0.15, 0.2) is 36.7 Å². The Morgan fingerprint density at radius 3 is 2.47 bits per heavy atom. The van der Waals surface area contributed by atoms with Crippen molar-refractivity contribution < 1.29 is 4.74 Å². The number of methoxy groups -OCH3 is 1. The van der Waals surface area contributed by atoms with Gasteiger partial charge < -0.3 is 4.74 Å². The number of hydrogen-bond donors (Lipinski definition) is 1. The molecule has 1 heterocycles. The highest BCUT2D eigenvalue weighted by atomic mass is 16.5. The molecule has 0 aliphatic heterocycles. The van der Waals surface area contributed by atoms with E-state index in [-0.39, 0.29) is 0 Å². The summed E-state index contributed by atoms with van der Waals surface area (Å²) in [6.07, 6.45) is 3.45. The van der Waals surface area contributed by atoms with Crippen molar-refractivity contribution in [2.45, 2.75) is 0 Å². The fourth-order valence-corrected chi connectivity index (χ4v) is 1.14. The van der Waals surface area contributed by atoms with Crippen LogP contribution < -0.4 is 4.74 Å². The average Bonchev–Trinajstić information content (AvgIpc) is 2.80. The number of nitrogens with one attached hydrogen (secondary N) is 1. The second kappa shape index (κ2) is 4.34. The van der Waals surface area contributed by atoms with Gasteiger partial charge in [0.1, 0.15) is 5.75 Å². The van der Waals surface area contributed by atoms with Crippen LogP contribution in [0.1, 0.15) is 11.1 Å². The molecule has 1 aromatic carbocycles. The molecule has 0 spiro atoms. The van der Waals surface area contributed by atoms with Gasteiger partial charge in [-0.25, -0.2) is 0 Å². The highest BCUT2D eigenvalue weighted by Crippen LogP contribution is 2.10. The maximum absolute atomic E-state index is 5.06. The van der Waals surface area contributed by atoms with Gasteiger partial charge in [-0.05, 0) is 24.3 Å². The first-order valence-electron chi connectivity index (χ1n) is 4.53. The van der Waals surface area contributed by atoms with Crippen molar-refractivity contribution in [3.05, 3.63) is 47.8 Å². The van der Waals surface area contributed by atoms with Crippen LogP contribution in [0.5, 0.6) is 5.75 Å². The van der Waals surface area contributed by atoms with Gasteiger partial charge in [-0.3, -0.25) is 5.10 Å². The number of benzene rings is 1. The molecule has 3 heteroatoms. The minimum absolute atomic E-state index is 0.837. The van der Waals surface area contributed by atoms with E-state index >= 15 is 0 Å². The molecule has 0 saturated heterocycles. The van der Waals surface area contributed by atoms with Gasteiger partial charge in [0.25, 0.3) is 0 Å². The summed E-state index contributed by atoms with van der Waals surface area (Å²) >= 11 is 0. The predicted octanol–water partition coefficient (Wildman–Crippen LogP) is 1.82. The second-order valence-corrected chi connectivity index (χ2v) is 2.97. The van der Waals surface area contributed by atoms with Crippen molar-refractivity contribution in [1.29, 1.82) is 0 Å². The Hall–Kier alpha value is -2.21. The van der Waals surface area contributed by atoms with Crippen LogP contribution in [-0.4, -0.2) is 17.3 Å². The minimum Gasteiger partial charge on any atom is -0.497 e. The molecule has 0 bridgehead atoms. The molecule has 0 radical (unpaired) electrons. The molecule has 1 aromatic heterocycles. The molecule has 74 valence electrons. The van der Waals surface area contributed by atoms with E-state index in [0.29, 0.717) is 0 Å². The third-order valence-corrected chi connectivity index (χ3v) is 1.94. The van der Waals surface area contributed by atoms with Crippen LogP contribution in [0.2, 0.25) is 0 Å². The van der Waals surface area contributed by atoms with Crippen molar-refractivity contribution in [1.82, 2.24) is 10.2 Å². The first-order chi connectivity index (χ1) is 7.38. The SMILES string of the molecule is COc1ccc(C#Cc2cn[nH]c2)cc1. The Morgan fingerprint density at radius 1 is 1.13 bits per heavy atom. The van der Waals surface area contributed by atoms with Gasteiger partial charge >= 0.3 is 0 Å². The molecule has 0 fully saturated rings. The predicted molar refractivity (Wildman–Crippen MR) is 57.6 cm³/mol. The normalized spacial score (nSPS) is 9.13. The smallest absolute Gasteiger partial charge is 0.118 e. The minimum atomic E-state index is 0.837. The molecule has 0 aliphatic carbocycles. The quantitative estimate of drug-likeness (QED) is 0.710. The van der Waals surface area contributed by atoms with E-state index in [0.717, 1.165) is 16.9 Å². The van der Waals surface area contributed by atoms with E-state index in [1.54, 1.807) is 19.5 Å². The molecule has 1 N–H and O–H groups in total. The summed E-state index contributed by atoms with van der Waals surface area (Å²) in [6, 6.07) is 7.62. The molecule has 0 atom stereocenters. The third kappa shape index (κ3) is 2.38. The Bertz CT molecular complexity index is 475. The lowest BCUT2D eigenvalue weighted by atomic mass is 10.2. The monoisotopic (exact) mass is 198 g/mol. The van der Waals surface area contributed by atoms with Gasteiger partial charge in [0.2, 0.25) is 0 Å². The molecule has 15 heavy (non-hydrogen) atoms.